The Bertz CT molecular complexity index is 413. The van der Waals surface area contributed by atoms with Crippen LogP contribution in [0, 0.1) is 12.3 Å². The zero-order valence-corrected chi connectivity index (χ0v) is 10.6. The predicted octanol–water partition coefficient (Wildman–Crippen LogP) is 2.95. The Hall–Kier alpha value is -1.02. The van der Waals surface area contributed by atoms with Gasteiger partial charge in [0, 0.05) is 24.0 Å². The summed E-state index contributed by atoms with van der Waals surface area (Å²) in [6.45, 7) is 11.5. The summed E-state index contributed by atoms with van der Waals surface area (Å²) in [5.74, 6) is 0. The molecule has 1 heterocycles. The molecule has 1 aromatic heterocycles. The van der Waals surface area contributed by atoms with Gasteiger partial charge in [-0.25, -0.2) is 0 Å². The Labute approximate surface area is 98.1 Å². The van der Waals surface area contributed by atoms with Crippen molar-refractivity contribution in [3.63, 3.8) is 0 Å². The molecule has 0 fully saturated rings. The summed E-state index contributed by atoms with van der Waals surface area (Å²) in [5, 5.41) is 0. The molecule has 0 aliphatic heterocycles. The van der Waals surface area contributed by atoms with Crippen LogP contribution in [0.1, 0.15) is 43.3 Å². The number of hydrogen-bond donors (Lipinski definition) is 1. The van der Waals surface area contributed by atoms with Crippen molar-refractivity contribution in [2.24, 2.45) is 11.1 Å². The largest absolute Gasteiger partial charge is 0.345 e. The summed E-state index contributed by atoms with van der Waals surface area (Å²) in [5.41, 5.74) is 10.6. The van der Waals surface area contributed by atoms with Crippen molar-refractivity contribution in [1.82, 2.24) is 4.57 Å². The van der Waals surface area contributed by atoms with Gasteiger partial charge in [0.1, 0.15) is 0 Å². The van der Waals surface area contributed by atoms with E-state index in [9.17, 15) is 0 Å². The van der Waals surface area contributed by atoms with Crippen LogP contribution in [0.3, 0.4) is 0 Å². The quantitative estimate of drug-likeness (QED) is 0.760. The van der Waals surface area contributed by atoms with Crippen LogP contribution >= 0.6 is 0 Å². The van der Waals surface area contributed by atoms with Crippen molar-refractivity contribution >= 4 is 0 Å². The number of aryl methyl sites for hydroxylation is 1. The van der Waals surface area contributed by atoms with Crippen LogP contribution in [0.25, 0.3) is 0 Å². The van der Waals surface area contributed by atoms with E-state index in [1.54, 1.807) is 0 Å². The zero-order valence-electron chi connectivity index (χ0n) is 10.6. The van der Waals surface area contributed by atoms with E-state index in [0.29, 0.717) is 5.41 Å². The third-order valence-corrected chi connectivity index (χ3v) is 3.58. The maximum Gasteiger partial charge on any atom is 0.0403 e. The van der Waals surface area contributed by atoms with E-state index in [2.05, 4.69) is 38.0 Å². The Morgan fingerprint density at radius 2 is 2.31 bits per heavy atom. The maximum atomic E-state index is 6.26. The molecule has 1 unspecified atom stereocenters. The SMILES string of the molecule is C=CCn1c(C)cc2c1CC(C)(C)CC2N. The van der Waals surface area contributed by atoms with E-state index in [-0.39, 0.29) is 6.04 Å². The van der Waals surface area contributed by atoms with Crippen LogP contribution in [0.15, 0.2) is 18.7 Å². The molecule has 1 aromatic rings. The molecule has 2 N–H and O–H groups in total. The lowest BCUT2D eigenvalue weighted by Gasteiger charge is -2.34. The lowest BCUT2D eigenvalue weighted by Crippen LogP contribution is -2.30. The van der Waals surface area contributed by atoms with Crippen molar-refractivity contribution < 1.29 is 0 Å². The Morgan fingerprint density at radius 1 is 1.62 bits per heavy atom. The predicted molar refractivity (Wildman–Crippen MR) is 68.4 cm³/mol. The summed E-state index contributed by atoms with van der Waals surface area (Å²) in [6, 6.07) is 2.45. The summed E-state index contributed by atoms with van der Waals surface area (Å²) >= 11 is 0. The number of allylic oxidation sites excluding steroid dienone is 1. The first-order valence-corrected chi connectivity index (χ1v) is 6.00. The third-order valence-electron chi connectivity index (χ3n) is 3.58. The fourth-order valence-corrected chi connectivity index (χ4v) is 2.89. The maximum absolute atomic E-state index is 6.26. The van der Waals surface area contributed by atoms with Crippen molar-refractivity contribution in [3.8, 4) is 0 Å². The van der Waals surface area contributed by atoms with Gasteiger partial charge in [-0.15, -0.1) is 6.58 Å². The van der Waals surface area contributed by atoms with Gasteiger partial charge in [-0.2, -0.15) is 0 Å². The van der Waals surface area contributed by atoms with Gasteiger partial charge in [-0.1, -0.05) is 19.9 Å². The molecule has 0 radical (unpaired) electrons. The number of nitrogens with zero attached hydrogens (tertiary/aromatic N) is 1. The summed E-state index contributed by atoms with van der Waals surface area (Å²) in [6.07, 6.45) is 4.16. The first-order chi connectivity index (χ1) is 7.44. The zero-order chi connectivity index (χ0) is 11.9. The minimum atomic E-state index is 0.198. The standard InChI is InChI=1S/C14H22N2/c1-5-6-16-10(2)7-11-12(15)8-14(3,4)9-13(11)16/h5,7,12H,1,6,8-9,15H2,2-4H3. The van der Waals surface area contributed by atoms with E-state index >= 15 is 0 Å². The van der Waals surface area contributed by atoms with E-state index < -0.39 is 0 Å². The second kappa shape index (κ2) is 3.77. The highest BCUT2D eigenvalue weighted by Gasteiger charge is 2.32. The lowest BCUT2D eigenvalue weighted by atomic mass is 9.74. The molecule has 1 aliphatic carbocycles. The smallest absolute Gasteiger partial charge is 0.0403 e. The molecular formula is C14H22N2. The van der Waals surface area contributed by atoms with Crippen molar-refractivity contribution in [3.05, 3.63) is 35.7 Å². The van der Waals surface area contributed by atoms with Gasteiger partial charge in [-0.05, 0) is 36.8 Å². The van der Waals surface area contributed by atoms with Gasteiger partial charge in [-0.3, -0.25) is 0 Å². The Kier molecular flexibility index (Phi) is 2.70. The second-order valence-corrected chi connectivity index (χ2v) is 5.74. The Morgan fingerprint density at radius 3 is 2.94 bits per heavy atom. The molecule has 2 rings (SSSR count). The highest BCUT2D eigenvalue weighted by atomic mass is 15.0. The van der Waals surface area contributed by atoms with Crippen LogP contribution in [0.4, 0.5) is 0 Å². The van der Waals surface area contributed by atoms with Gasteiger partial charge in [0.05, 0.1) is 0 Å². The average Bonchev–Trinajstić information content (AvgIpc) is 2.44. The molecule has 0 saturated carbocycles. The molecule has 0 spiro atoms. The molecule has 16 heavy (non-hydrogen) atoms. The normalized spacial score (nSPS) is 22.9. The van der Waals surface area contributed by atoms with Gasteiger partial charge in [0.2, 0.25) is 0 Å². The van der Waals surface area contributed by atoms with Crippen LogP contribution in [0.5, 0.6) is 0 Å². The third kappa shape index (κ3) is 1.82. The van der Waals surface area contributed by atoms with Crippen LogP contribution < -0.4 is 5.73 Å². The highest BCUT2D eigenvalue weighted by Crippen LogP contribution is 2.40. The summed E-state index contributed by atoms with van der Waals surface area (Å²) in [7, 11) is 0. The molecule has 2 heteroatoms. The molecule has 1 atom stereocenters. The van der Waals surface area contributed by atoms with E-state index in [1.165, 1.54) is 17.0 Å². The van der Waals surface area contributed by atoms with Gasteiger partial charge >= 0.3 is 0 Å². The van der Waals surface area contributed by atoms with E-state index in [4.69, 9.17) is 5.73 Å². The fraction of sp³-hybridized carbons (Fsp3) is 0.571. The molecule has 2 nitrogen and oxygen atoms in total. The van der Waals surface area contributed by atoms with Gasteiger partial charge in [0.15, 0.2) is 0 Å². The highest BCUT2D eigenvalue weighted by molar-refractivity contribution is 5.34. The first kappa shape index (κ1) is 11.5. The molecule has 0 bridgehead atoms. The lowest BCUT2D eigenvalue weighted by molar-refractivity contribution is 0.276. The first-order valence-electron chi connectivity index (χ1n) is 6.00. The molecular weight excluding hydrogens is 196 g/mol. The van der Waals surface area contributed by atoms with Crippen molar-refractivity contribution in [2.75, 3.05) is 0 Å². The number of aromatic nitrogens is 1. The van der Waals surface area contributed by atoms with Crippen LogP contribution in [-0.4, -0.2) is 4.57 Å². The monoisotopic (exact) mass is 218 g/mol. The molecule has 0 aromatic carbocycles. The summed E-state index contributed by atoms with van der Waals surface area (Å²) in [4.78, 5) is 0. The van der Waals surface area contributed by atoms with Crippen LogP contribution in [0.2, 0.25) is 0 Å². The number of hydrogen-bond acceptors (Lipinski definition) is 1. The second-order valence-electron chi connectivity index (χ2n) is 5.74. The van der Waals surface area contributed by atoms with Crippen LogP contribution in [-0.2, 0) is 13.0 Å². The average molecular weight is 218 g/mol. The van der Waals surface area contributed by atoms with Crippen molar-refractivity contribution in [2.45, 2.75) is 46.2 Å². The molecule has 88 valence electrons. The fourth-order valence-electron chi connectivity index (χ4n) is 2.89. The number of rotatable bonds is 2. The van der Waals surface area contributed by atoms with Gasteiger partial charge in [0.25, 0.3) is 0 Å². The van der Waals surface area contributed by atoms with E-state index in [0.717, 1.165) is 19.4 Å². The molecule has 0 saturated heterocycles. The number of fused-ring (bicyclic) bond motifs is 1. The molecule has 0 amide bonds. The summed E-state index contributed by atoms with van der Waals surface area (Å²) < 4.78 is 2.35. The van der Waals surface area contributed by atoms with Gasteiger partial charge < -0.3 is 10.3 Å². The number of nitrogens with two attached hydrogens (primary N) is 1. The minimum absolute atomic E-state index is 0.198. The van der Waals surface area contributed by atoms with Crippen molar-refractivity contribution in [1.29, 1.82) is 0 Å². The molecule has 1 aliphatic rings. The minimum Gasteiger partial charge on any atom is -0.345 e. The topological polar surface area (TPSA) is 30.9 Å². The Balaban J connectivity index is 2.49. The van der Waals surface area contributed by atoms with E-state index in [1.807, 2.05) is 6.08 Å².